The molecule has 8 heteroatoms. The molecule has 1 fully saturated rings. The number of hydrogen-bond donors (Lipinski definition) is 1. The summed E-state index contributed by atoms with van der Waals surface area (Å²) in [5.41, 5.74) is 1.90. The number of nitrogens with zero attached hydrogens (tertiary/aromatic N) is 3. The molecule has 0 radical (unpaired) electrons. The maximum absolute atomic E-state index is 12.4. The first-order chi connectivity index (χ1) is 13.8. The zero-order valence-corrected chi connectivity index (χ0v) is 17.7. The minimum absolute atomic E-state index is 0.0928. The van der Waals surface area contributed by atoms with Crippen molar-refractivity contribution in [2.75, 3.05) is 52.1 Å². The van der Waals surface area contributed by atoms with E-state index in [0.717, 1.165) is 37.0 Å². The topological polar surface area (TPSA) is 73.0 Å². The van der Waals surface area contributed by atoms with Gasteiger partial charge in [0.05, 0.1) is 11.4 Å². The third-order valence-electron chi connectivity index (χ3n) is 5.00. The van der Waals surface area contributed by atoms with Crippen LogP contribution in [0.3, 0.4) is 0 Å². The first kappa shape index (κ1) is 21.4. The number of anilines is 1. The molecule has 1 N–H and O–H groups in total. The number of amides is 1. The first-order valence-corrected chi connectivity index (χ1v) is 11.1. The van der Waals surface area contributed by atoms with Crippen LogP contribution >= 0.6 is 0 Å². The van der Waals surface area contributed by atoms with Gasteiger partial charge in [0, 0.05) is 52.5 Å². The van der Waals surface area contributed by atoms with Crippen molar-refractivity contribution in [1.29, 1.82) is 0 Å². The minimum atomic E-state index is -3.47. The van der Waals surface area contributed by atoms with Gasteiger partial charge in [0.15, 0.2) is 0 Å². The Morgan fingerprint density at radius 3 is 2.10 bits per heavy atom. The largest absolute Gasteiger partial charge is 0.325 e. The van der Waals surface area contributed by atoms with Crippen LogP contribution in [0.15, 0.2) is 59.5 Å². The van der Waals surface area contributed by atoms with E-state index < -0.39 is 10.0 Å². The third-order valence-corrected chi connectivity index (χ3v) is 6.83. The van der Waals surface area contributed by atoms with Gasteiger partial charge >= 0.3 is 0 Å². The number of benzene rings is 2. The summed E-state index contributed by atoms with van der Waals surface area (Å²) in [5, 5.41) is 2.85. The van der Waals surface area contributed by atoms with Crippen LogP contribution in [0.1, 0.15) is 5.56 Å². The lowest BCUT2D eigenvalue weighted by Gasteiger charge is -2.34. The van der Waals surface area contributed by atoms with E-state index in [1.54, 1.807) is 12.1 Å². The Bertz CT molecular complexity index is 907. The molecule has 7 nitrogen and oxygen atoms in total. The molecule has 0 bridgehead atoms. The predicted octanol–water partition coefficient (Wildman–Crippen LogP) is 1.69. The lowest BCUT2D eigenvalue weighted by molar-refractivity contribution is -0.117. The monoisotopic (exact) mass is 416 g/mol. The van der Waals surface area contributed by atoms with Crippen molar-refractivity contribution < 1.29 is 13.2 Å². The Morgan fingerprint density at radius 1 is 0.931 bits per heavy atom. The van der Waals surface area contributed by atoms with Crippen LogP contribution < -0.4 is 5.32 Å². The lowest BCUT2D eigenvalue weighted by Crippen LogP contribution is -2.48. The average Bonchev–Trinajstić information content (AvgIpc) is 2.70. The molecule has 0 unspecified atom stereocenters. The number of sulfonamides is 1. The van der Waals surface area contributed by atoms with Gasteiger partial charge in [0.25, 0.3) is 0 Å². The second-order valence-corrected chi connectivity index (χ2v) is 9.55. The van der Waals surface area contributed by atoms with E-state index in [0.29, 0.717) is 12.2 Å². The van der Waals surface area contributed by atoms with Crippen molar-refractivity contribution in [2.45, 2.75) is 11.4 Å². The van der Waals surface area contributed by atoms with Gasteiger partial charge in [-0.15, -0.1) is 0 Å². The van der Waals surface area contributed by atoms with Gasteiger partial charge in [-0.2, -0.15) is 0 Å². The predicted molar refractivity (Wildman–Crippen MR) is 114 cm³/mol. The van der Waals surface area contributed by atoms with Crippen molar-refractivity contribution in [1.82, 2.24) is 14.1 Å². The molecule has 3 rings (SSSR count). The molecule has 1 amide bonds. The molecular formula is C21H28N4O3S. The van der Waals surface area contributed by atoms with Crippen LogP contribution in [-0.2, 0) is 21.4 Å². The molecule has 0 spiro atoms. The maximum Gasteiger partial charge on any atom is 0.242 e. The molecule has 2 aromatic carbocycles. The van der Waals surface area contributed by atoms with Gasteiger partial charge in [-0.25, -0.2) is 12.7 Å². The molecule has 0 saturated carbocycles. The highest BCUT2D eigenvalue weighted by Gasteiger charge is 2.20. The minimum Gasteiger partial charge on any atom is -0.325 e. The number of rotatable bonds is 7. The summed E-state index contributed by atoms with van der Waals surface area (Å²) in [6, 6.07) is 16.6. The zero-order chi connectivity index (χ0) is 20.9. The van der Waals surface area contributed by atoms with Crippen molar-refractivity contribution in [2.24, 2.45) is 0 Å². The van der Waals surface area contributed by atoms with Gasteiger partial charge in [0.2, 0.25) is 15.9 Å². The van der Waals surface area contributed by atoms with E-state index in [2.05, 4.69) is 39.4 Å². The van der Waals surface area contributed by atoms with E-state index in [9.17, 15) is 13.2 Å². The van der Waals surface area contributed by atoms with Crippen LogP contribution in [0.2, 0.25) is 0 Å². The number of piperazine rings is 1. The van der Waals surface area contributed by atoms with Crippen LogP contribution in [0.25, 0.3) is 0 Å². The SMILES string of the molecule is CN(C)S(=O)(=O)c1ccc(NC(=O)CN2CCN(Cc3ccccc3)CC2)cc1. The molecule has 0 aromatic heterocycles. The number of carbonyl (C=O) groups excluding carboxylic acids is 1. The molecule has 0 aliphatic carbocycles. The summed E-state index contributed by atoms with van der Waals surface area (Å²) in [6.07, 6.45) is 0. The second kappa shape index (κ2) is 9.49. The van der Waals surface area contributed by atoms with Crippen molar-refractivity contribution >= 4 is 21.6 Å². The molecule has 1 aliphatic rings. The molecular weight excluding hydrogens is 388 g/mol. The van der Waals surface area contributed by atoms with Crippen molar-refractivity contribution in [3.8, 4) is 0 Å². The normalized spacial score (nSPS) is 16.1. The van der Waals surface area contributed by atoms with Crippen LogP contribution in [0.5, 0.6) is 0 Å². The maximum atomic E-state index is 12.4. The molecule has 1 heterocycles. The van der Waals surface area contributed by atoms with E-state index in [1.807, 2.05) is 6.07 Å². The Labute approximate surface area is 173 Å². The fraction of sp³-hybridized carbons (Fsp3) is 0.381. The number of carbonyl (C=O) groups is 1. The number of hydrogen-bond acceptors (Lipinski definition) is 5. The molecule has 2 aromatic rings. The standard InChI is InChI=1S/C21H28N4O3S/c1-23(2)29(27,28)20-10-8-19(9-11-20)22-21(26)17-25-14-12-24(13-15-25)16-18-6-4-3-5-7-18/h3-11H,12-17H2,1-2H3,(H,22,26). The van der Waals surface area contributed by atoms with Gasteiger partial charge in [0.1, 0.15) is 0 Å². The van der Waals surface area contributed by atoms with Gasteiger partial charge in [-0.3, -0.25) is 14.6 Å². The highest BCUT2D eigenvalue weighted by Crippen LogP contribution is 2.16. The van der Waals surface area contributed by atoms with Gasteiger partial charge < -0.3 is 5.32 Å². The first-order valence-electron chi connectivity index (χ1n) is 9.66. The Balaban J connectivity index is 1.45. The molecule has 1 aliphatic heterocycles. The van der Waals surface area contributed by atoms with Crippen molar-refractivity contribution in [3.63, 3.8) is 0 Å². The van der Waals surface area contributed by atoms with E-state index in [-0.39, 0.29) is 10.8 Å². The average molecular weight is 417 g/mol. The molecule has 0 atom stereocenters. The van der Waals surface area contributed by atoms with Gasteiger partial charge in [-0.05, 0) is 29.8 Å². The lowest BCUT2D eigenvalue weighted by atomic mass is 10.2. The highest BCUT2D eigenvalue weighted by atomic mass is 32.2. The Kier molecular flexibility index (Phi) is 7.02. The van der Waals surface area contributed by atoms with Crippen molar-refractivity contribution in [3.05, 3.63) is 60.2 Å². The Hall–Kier alpha value is -2.26. The summed E-state index contributed by atoms with van der Waals surface area (Å²) in [4.78, 5) is 17.1. The summed E-state index contributed by atoms with van der Waals surface area (Å²) in [7, 11) is -0.484. The van der Waals surface area contributed by atoms with Crippen LogP contribution in [0.4, 0.5) is 5.69 Å². The third kappa shape index (κ3) is 5.86. The smallest absolute Gasteiger partial charge is 0.242 e. The highest BCUT2D eigenvalue weighted by molar-refractivity contribution is 7.89. The van der Waals surface area contributed by atoms with E-state index in [4.69, 9.17) is 0 Å². The summed E-state index contributed by atoms with van der Waals surface area (Å²) in [6.45, 7) is 4.82. The fourth-order valence-electron chi connectivity index (χ4n) is 3.27. The molecule has 1 saturated heterocycles. The van der Waals surface area contributed by atoms with Crippen LogP contribution in [-0.4, -0.2) is 75.2 Å². The fourth-order valence-corrected chi connectivity index (χ4v) is 4.17. The Morgan fingerprint density at radius 2 is 1.52 bits per heavy atom. The zero-order valence-electron chi connectivity index (χ0n) is 16.9. The van der Waals surface area contributed by atoms with E-state index in [1.165, 1.54) is 31.8 Å². The summed E-state index contributed by atoms with van der Waals surface area (Å²) >= 11 is 0. The molecule has 156 valence electrons. The van der Waals surface area contributed by atoms with E-state index >= 15 is 0 Å². The summed E-state index contributed by atoms with van der Waals surface area (Å²) in [5.74, 6) is -0.0928. The van der Waals surface area contributed by atoms with Gasteiger partial charge in [-0.1, -0.05) is 30.3 Å². The number of nitrogens with one attached hydrogen (secondary N) is 1. The van der Waals surface area contributed by atoms with Crippen LogP contribution in [0, 0.1) is 0 Å². The summed E-state index contributed by atoms with van der Waals surface area (Å²) < 4.78 is 25.4. The second-order valence-electron chi connectivity index (χ2n) is 7.40. The molecule has 29 heavy (non-hydrogen) atoms. The quantitative estimate of drug-likeness (QED) is 0.744.